The van der Waals surface area contributed by atoms with Gasteiger partial charge in [0, 0.05) is 31.3 Å². The summed E-state index contributed by atoms with van der Waals surface area (Å²) in [5.41, 5.74) is 4.37. The van der Waals surface area contributed by atoms with Gasteiger partial charge in [0.05, 0.1) is 18.1 Å². The fraction of sp³-hybridized carbons (Fsp3) is 0.500. The zero-order valence-corrected chi connectivity index (χ0v) is 10.3. The van der Waals surface area contributed by atoms with Crippen LogP contribution in [-0.4, -0.2) is 36.2 Å². The molecule has 6 heteroatoms. The Balaban J connectivity index is 2.01. The molecule has 1 atom stereocenters. The SMILES string of the molecule is CC(NN1CCOCC1)c1cccc([N+](=O)[O-])c1. The second kappa shape index (κ2) is 5.90. The molecule has 1 aliphatic rings. The lowest BCUT2D eigenvalue weighted by Gasteiger charge is -2.30. The van der Waals surface area contributed by atoms with Crippen LogP contribution in [0, 0.1) is 10.1 Å². The van der Waals surface area contributed by atoms with E-state index in [9.17, 15) is 10.1 Å². The second-order valence-electron chi connectivity index (χ2n) is 4.30. The molecule has 98 valence electrons. The topological polar surface area (TPSA) is 67.6 Å². The number of morpholine rings is 1. The third-order valence-electron chi connectivity index (χ3n) is 2.97. The van der Waals surface area contributed by atoms with Crippen molar-refractivity contribution in [2.24, 2.45) is 0 Å². The minimum atomic E-state index is -0.370. The molecule has 0 spiro atoms. The molecule has 0 aromatic heterocycles. The maximum absolute atomic E-state index is 10.7. The molecule has 1 aromatic rings. The molecule has 0 radical (unpaired) electrons. The lowest BCUT2D eigenvalue weighted by atomic mass is 10.1. The average Bonchev–Trinajstić information content (AvgIpc) is 2.40. The summed E-state index contributed by atoms with van der Waals surface area (Å²) in [6, 6.07) is 6.77. The minimum absolute atomic E-state index is 0.0444. The minimum Gasteiger partial charge on any atom is -0.379 e. The Morgan fingerprint density at radius 2 is 2.17 bits per heavy atom. The summed E-state index contributed by atoms with van der Waals surface area (Å²) < 4.78 is 5.27. The fourth-order valence-electron chi connectivity index (χ4n) is 1.95. The van der Waals surface area contributed by atoms with Gasteiger partial charge in [0.1, 0.15) is 0 Å². The summed E-state index contributed by atoms with van der Waals surface area (Å²) in [7, 11) is 0. The van der Waals surface area contributed by atoms with E-state index in [0.717, 1.165) is 18.7 Å². The van der Waals surface area contributed by atoms with Crippen LogP contribution < -0.4 is 5.43 Å². The molecule has 2 rings (SSSR count). The van der Waals surface area contributed by atoms with E-state index in [1.807, 2.05) is 13.0 Å². The fourth-order valence-corrected chi connectivity index (χ4v) is 1.95. The second-order valence-corrected chi connectivity index (χ2v) is 4.30. The summed E-state index contributed by atoms with van der Waals surface area (Å²) in [6.45, 7) is 5.09. The molecule has 1 aromatic carbocycles. The number of benzene rings is 1. The van der Waals surface area contributed by atoms with Crippen molar-refractivity contribution in [1.82, 2.24) is 10.4 Å². The molecule has 0 amide bonds. The molecule has 1 saturated heterocycles. The number of hydrogen-bond donors (Lipinski definition) is 1. The van der Waals surface area contributed by atoms with Crippen molar-refractivity contribution in [3.8, 4) is 0 Å². The highest BCUT2D eigenvalue weighted by molar-refractivity contribution is 5.35. The molecule has 18 heavy (non-hydrogen) atoms. The lowest BCUT2D eigenvalue weighted by Crippen LogP contribution is -2.46. The van der Waals surface area contributed by atoms with Crippen molar-refractivity contribution >= 4 is 5.69 Å². The molecule has 6 nitrogen and oxygen atoms in total. The normalized spacial score (nSPS) is 18.5. The van der Waals surface area contributed by atoms with Crippen LogP contribution in [0.4, 0.5) is 5.69 Å². The summed E-state index contributed by atoms with van der Waals surface area (Å²) in [6.07, 6.45) is 0. The highest BCUT2D eigenvalue weighted by Gasteiger charge is 2.15. The molecule has 0 saturated carbocycles. The van der Waals surface area contributed by atoms with Crippen molar-refractivity contribution in [2.75, 3.05) is 26.3 Å². The Kier molecular flexibility index (Phi) is 4.24. The number of hydrogen-bond acceptors (Lipinski definition) is 5. The average molecular weight is 251 g/mol. The lowest BCUT2D eigenvalue weighted by molar-refractivity contribution is -0.384. The number of nitrogens with one attached hydrogen (secondary N) is 1. The summed E-state index contributed by atoms with van der Waals surface area (Å²) in [5, 5.41) is 12.8. The van der Waals surface area contributed by atoms with Crippen molar-refractivity contribution in [2.45, 2.75) is 13.0 Å². The van der Waals surface area contributed by atoms with Crippen molar-refractivity contribution in [1.29, 1.82) is 0 Å². The van der Waals surface area contributed by atoms with Gasteiger partial charge in [-0.15, -0.1) is 0 Å². The third-order valence-corrected chi connectivity index (χ3v) is 2.97. The quantitative estimate of drug-likeness (QED) is 0.648. The molecular formula is C12H17N3O3. The van der Waals surface area contributed by atoms with E-state index in [2.05, 4.69) is 10.4 Å². The molecule has 1 fully saturated rings. The molecule has 0 aliphatic carbocycles. The Morgan fingerprint density at radius 1 is 1.44 bits per heavy atom. The first-order valence-corrected chi connectivity index (χ1v) is 6.00. The maximum atomic E-state index is 10.7. The van der Waals surface area contributed by atoms with E-state index in [-0.39, 0.29) is 16.7 Å². The van der Waals surface area contributed by atoms with Crippen LogP contribution in [0.25, 0.3) is 0 Å². The first kappa shape index (κ1) is 12.9. The van der Waals surface area contributed by atoms with Gasteiger partial charge in [0.2, 0.25) is 0 Å². The zero-order valence-electron chi connectivity index (χ0n) is 10.3. The standard InChI is InChI=1S/C12H17N3O3/c1-10(13-14-5-7-18-8-6-14)11-3-2-4-12(9-11)15(16)17/h2-4,9-10,13H,5-8H2,1H3. The summed E-state index contributed by atoms with van der Waals surface area (Å²) in [4.78, 5) is 10.4. The predicted molar refractivity (Wildman–Crippen MR) is 67.0 cm³/mol. The van der Waals surface area contributed by atoms with E-state index in [0.29, 0.717) is 13.2 Å². The van der Waals surface area contributed by atoms with Crippen LogP contribution in [0.3, 0.4) is 0 Å². The number of non-ortho nitro benzene ring substituents is 1. The predicted octanol–water partition coefficient (Wildman–Crippen LogP) is 1.49. The number of rotatable bonds is 4. The Labute approximate surface area is 106 Å². The monoisotopic (exact) mass is 251 g/mol. The van der Waals surface area contributed by atoms with Gasteiger partial charge in [-0.25, -0.2) is 10.4 Å². The third kappa shape index (κ3) is 3.25. The van der Waals surface area contributed by atoms with Crippen LogP contribution in [-0.2, 0) is 4.74 Å². The van der Waals surface area contributed by atoms with Gasteiger partial charge in [-0.3, -0.25) is 10.1 Å². The Hall–Kier alpha value is -1.50. The number of nitro groups is 1. The summed E-state index contributed by atoms with van der Waals surface area (Å²) >= 11 is 0. The largest absolute Gasteiger partial charge is 0.379 e. The van der Waals surface area contributed by atoms with Crippen LogP contribution in [0.1, 0.15) is 18.5 Å². The number of nitrogens with zero attached hydrogens (tertiary/aromatic N) is 2. The van der Waals surface area contributed by atoms with E-state index in [1.54, 1.807) is 12.1 Å². The van der Waals surface area contributed by atoms with Crippen molar-refractivity contribution < 1.29 is 9.66 Å². The van der Waals surface area contributed by atoms with Gasteiger partial charge in [-0.1, -0.05) is 12.1 Å². The smallest absolute Gasteiger partial charge is 0.269 e. The van der Waals surface area contributed by atoms with Gasteiger partial charge < -0.3 is 4.74 Å². The number of hydrazine groups is 1. The van der Waals surface area contributed by atoms with Gasteiger partial charge in [0.15, 0.2) is 0 Å². The molecule has 0 bridgehead atoms. The molecule has 1 unspecified atom stereocenters. The molecule has 1 aliphatic heterocycles. The Bertz CT molecular complexity index is 419. The van der Waals surface area contributed by atoms with Crippen LogP contribution in [0.15, 0.2) is 24.3 Å². The van der Waals surface area contributed by atoms with Gasteiger partial charge in [-0.05, 0) is 12.5 Å². The highest BCUT2D eigenvalue weighted by atomic mass is 16.6. The van der Waals surface area contributed by atoms with Crippen LogP contribution >= 0.6 is 0 Å². The first-order valence-electron chi connectivity index (χ1n) is 6.00. The van der Waals surface area contributed by atoms with Gasteiger partial charge in [0.25, 0.3) is 5.69 Å². The highest BCUT2D eigenvalue weighted by Crippen LogP contribution is 2.19. The van der Waals surface area contributed by atoms with Crippen molar-refractivity contribution in [3.63, 3.8) is 0 Å². The maximum Gasteiger partial charge on any atom is 0.269 e. The zero-order chi connectivity index (χ0) is 13.0. The van der Waals surface area contributed by atoms with E-state index in [1.165, 1.54) is 6.07 Å². The van der Waals surface area contributed by atoms with E-state index in [4.69, 9.17) is 4.74 Å². The summed E-state index contributed by atoms with van der Waals surface area (Å²) in [5.74, 6) is 0. The number of ether oxygens (including phenoxy) is 1. The van der Waals surface area contributed by atoms with Gasteiger partial charge in [-0.2, -0.15) is 0 Å². The van der Waals surface area contributed by atoms with E-state index >= 15 is 0 Å². The molecule has 1 N–H and O–H groups in total. The van der Waals surface area contributed by atoms with Crippen molar-refractivity contribution in [3.05, 3.63) is 39.9 Å². The van der Waals surface area contributed by atoms with Crippen LogP contribution in [0.2, 0.25) is 0 Å². The first-order chi connectivity index (χ1) is 8.66. The van der Waals surface area contributed by atoms with E-state index < -0.39 is 0 Å². The van der Waals surface area contributed by atoms with Crippen LogP contribution in [0.5, 0.6) is 0 Å². The Morgan fingerprint density at radius 3 is 2.83 bits per heavy atom. The molecular weight excluding hydrogens is 234 g/mol. The molecule has 1 heterocycles. The van der Waals surface area contributed by atoms with Gasteiger partial charge >= 0.3 is 0 Å². The number of nitro benzene ring substituents is 1.